The van der Waals surface area contributed by atoms with Gasteiger partial charge >= 0.3 is 6.55 Å². The van der Waals surface area contributed by atoms with Crippen molar-refractivity contribution in [1.29, 1.82) is 0 Å². The summed E-state index contributed by atoms with van der Waals surface area (Å²) in [5.74, 6) is 1.62. The lowest BCUT2D eigenvalue weighted by Crippen LogP contribution is -2.18. The molecule has 0 aliphatic heterocycles. The lowest BCUT2D eigenvalue weighted by molar-refractivity contribution is 0.0666. The number of imidazole rings is 1. The van der Waals surface area contributed by atoms with Gasteiger partial charge in [-0.2, -0.15) is 20.5 Å². The zero-order valence-corrected chi connectivity index (χ0v) is 11.6. The van der Waals surface area contributed by atoms with Crippen LogP contribution in [0.15, 0.2) is 12.4 Å². The van der Waals surface area contributed by atoms with Crippen LogP contribution in [0, 0.1) is 0 Å². The zero-order valence-electron chi connectivity index (χ0n) is 10.7. The summed E-state index contributed by atoms with van der Waals surface area (Å²) in [6.45, 7) is -1.24. The van der Waals surface area contributed by atoms with Gasteiger partial charge in [-0.1, -0.05) is 12.8 Å². The Kier molecular flexibility index (Phi) is 8.00. The van der Waals surface area contributed by atoms with Gasteiger partial charge in [-0.05, 0) is 31.4 Å². The molecular weight excluding hydrogens is 256 g/mol. The van der Waals surface area contributed by atoms with E-state index in [0.29, 0.717) is 12.4 Å². The number of unbranched alkanes of at least 4 members (excludes halogenated alkanes) is 3. The third-order valence-electron chi connectivity index (χ3n) is 2.69. The second kappa shape index (κ2) is 9.33. The van der Waals surface area contributed by atoms with Crippen molar-refractivity contribution >= 4 is 11.8 Å². The number of hydrogen-bond acceptors (Lipinski definition) is 3. The molecule has 18 heavy (non-hydrogen) atoms. The first-order chi connectivity index (χ1) is 8.75. The van der Waals surface area contributed by atoms with Crippen LogP contribution in [0.2, 0.25) is 0 Å². The molecule has 104 valence electrons. The Balaban J connectivity index is 2.05. The van der Waals surface area contributed by atoms with Gasteiger partial charge in [0.2, 0.25) is 0 Å². The van der Waals surface area contributed by atoms with E-state index >= 15 is 0 Å². The molecule has 0 aliphatic carbocycles. The fourth-order valence-corrected chi connectivity index (χ4v) is 2.20. The highest BCUT2D eigenvalue weighted by Crippen LogP contribution is 2.12. The summed E-state index contributed by atoms with van der Waals surface area (Å²) in [5, 5.41) is 3.15. The van der Waals surface area contributed by atoms with Crippen LogP contribution >= 0.6 is 11.8 Å². The first-order valence-corrected chi connectivity index (χ1v) is 7.64. The minimum atomic E-state index is -2.50. The highest BCUT2D eigenvalue weighted by Gasteiger charge is 2.10. The SMILES string of the molecule is CSCCCCCCNCc1nccn1C(F)F. The lowest BCUT2D eigenvalue weighted by Gasteiger charge is -2.07. The molecule has 0 radical (unpaired) electrons. The first kappa shape index (κ1) is 15.4. The molecule has 1 rings (SSSR count). The van der Waals surface area contributed by atoms with Gasteiger partial charge in [-0.25, -0.2) is 4.98 Å². The van der Waals surface area contributed by atoms with E-state index in [1.807, 2.05) is 11.8 Å². The highest BCUT2D eigenvalue weighted by atomic mass is 32.2. The number of nitrogens with zero attached hydrogens (tertiary/aromatic N) is 2. The van der Waals surface area contributed by atoms with Crippen LogP contribution in [0.1, 0.15) is 38.1 Å². The minimum Gasteiger partial charge on any atom is -0.310 e. The van der Waals surface area contributed by atoms with E-state index in [9.17, 15) is 8.78 Å². The van der Waals surface area contributed by atoms with Gasteiger partial charge in [0.15, 0.2) is 0 Å². The van der Waals surface area contributed by atoms with Crippen LogP contribution in [0.5, 0.6) is 0 Å². The molecule has 1 N–H and O–H groups in total. The molecule has 1 aromatic heterocycles. The van der Waals surface area contributed by atoms with Gasteiger partial charge in [-0.3, -0.25) is 4.57 Å². The Labute approximate surface area is 111 Å². The fraction of sp³-hybridized carbons (Fsp3) is 0.750. The van der Waals surface area contributed by atoms with Crippen molar-refractivity contribution in [2.75, 3.05) is 18.6 Å². The van der Waals surface area contributed by atoms with E-state index in [-0.39, 0.29) is 0 Å². The summed E-state index contributed by atoms with van der Waals surface area (Å²) in [7, 11) is 0. The molecule has 1 heterocycles. The predicted octanol–water partition coefficient (Wildman–Crippen LogP) is 3.29. The average Bonchev–Trinajstić information content (AvgIpc) is 2.81. The van der Waals surface area contributed by atoms with E-state index in [1.165, 1.54) is 37.4 Å². The molecule has 0 saturated carbocycles. The summed E-state index contributed by atoms with van der Waals surface area (Å²) in [6, 6.07) is 0. The third kappa shape index (κ3) is 5.82. The highest BCUT2D eigenvalue weighted by molar-refractivity contribution is 7.98. The van der Waals surface area contributed by atoms with Gasteiger partial charge in [0.05, 0.1) is 6.54 Å². The van der Waals surface area contributed by atoms with Crippen molar-refractivity contribution in [3.05, 3.63) is 18.2 Å². The number of alkyl halides is 2. The largest absolute Gasteiger partial charge is 0.319 e. The predicted molar refractivity (Wildman–Crippen MR) is 72.0 cm³/mol. The van der Waals surface area contributed by atoms with E-state index in [4.69, 9.17) is 0 Å². The number of thioether (sulfide) groups is 1. The van der Waals surface area contributed by atoms with Crippen LogP contribution in [0.3, 0.4) is 0 Å². The van der Waals surface area contributed by atoms with Crippen LogP contribution in [-0.4, -0.2) is 28.1 Å². The Bertz CT molecular complexity index is 318. The third-order valence-corrected chi connectivity index (χ3v) is 3.39. The van der Waals surface area contributed by atoms with Crippen molar-refractivity contribution in [3.63, 3.8) is 0 Å². The summed E-state index contributed by atoms with van der Waals surface area (Å²) >= 11 is 1.87. The average molecular weight is 277 g/mol. The molecule has 0 bridgehead atoms. The van der Waals surface area contributed by atoms with E-state index in [2.05, 4.69) is 16.6 Å². The topological polar surface area (TPSA) is 29.9 Å². The Morgan fingerprint density at radius 2 is 2.11 bits per heavy atom. The molecule has 1 aromatic rings. The zero-order chi connectivity index (χ0) is 13.2. The molecule has 3 nitrogen and oxygen atoms in total. The van der Waals surface area contributed by atoms with Gasteiger partial charge in [0.1, 0.15) is 5.82 Å². The lowest BCUT2D eigenvalue weighted by atomic mass is 10.2. The van der Waals surface area contributed by atoms with Gasteiger partial charge in [0, 0.05) is 12.4 Å². The van der Waals surface area contributed by atoms with Crippen LogP contribution < -0.4 is 5.32 Å². The number of rotatable bonds is 10. The van der Waals surface area contributed by atoms with Crippen molar-refractivity contribution in [2.24, 2.45) is 0 Å². The van der Waals surface area contributed by atoms with E-state index in [1.54, 1.807) is 0 Å². The molecule has 6 heteroatoms. The molecule has 0 atom stereocenters. The monoisotopic (exact) mass is 277 g/mol. The maximum Gasteiger partial charge on any atom is 0.319 e. The van der Waals surface area contributed by atoms with Crippen LogP contribution in [0.25, 0.3) is 0 Å². The number of hydrogen-bond donors (Lipinski definition) is 1. The first-order valence-electron chi connectivity index (χ1n) is 6.25. The second-order valence-corrected chi connectivity index (χ2v) is 5.10. The van der Waals surface area contributed by atoms with Crippen molar-refractivity contribution in [3.8, 4) is 0 Å². The summed E-state index contributed by atoms with van der Waals surface area (Å²) in [4.78, 5) is 3.91. The van der Waals surface area contributed by atoms with Gasteiger partial charge < -0.3 is 5.32 Å². The molecule has 0 spiro atoms. The van der Waals surface area contributed by atoms with Crippen molar-refractivity contribution in [2.45, 2.75) is 38.8 Å². The van der Waals surface area contributed by atoms with E-state index in [0.717, 1.165) is 17.5 Å². The Morgan fingerprint density at radius 1 is 1.33 bits per heavy atom. The van der Waals surface area contributed by atoms with Crippen LogP contribution in [0.4, 0.5) is 8.78 Å². The normalized spacial score (nSPS) is 11.3. The maximum atomic E-state index is 12.5. The number of halogens is 2. The summed E-state index contributed by atoms with van der Waals surface area (Å²) in [5.41, 5.74) is 0. The Hall–Kier alpha value is -0.620. The van der Waals surface area contributed by atoms with Crippen LogP contribution in [-0.2, 0) is 6.54 Å². The maximum absolute atomic E-state index is 12.5. The molecule has 0 aromatic carbocycles. The summed E-state index contributed by atoms with van der Waals surface area (Å²) in [6.07, 6.45) is 9.62. The molecule has 0 aliphatic rings. The fourth-order valence-electron chi connectivity index (χ4n) is 1.71. The van der Waals surface area contributed by atoms with Crippen molar-refractivity contribution < 1.29 is 8.78 Å². The van der Waals surface area contributed by atoms with Crippen molar-refractivity contribution in [1.82, 2.24) is 14.9 Å². The molecule has 0 unspecified atom stereocenters. The molecule has 0 saturated heterocycles. The smallest absolute Gasteiger partial charge is 0.310 e. The number of nitrogens with one attached hydrogen (secondary N) is 1. The molecular formula is C12H21F2N3S. The van der Waals surface area contributed by atoms with Gasteiger partial charge in [-0.15, -0.1) is 0 Å². The van der Waals surface area contributed by atoms with E-state index < -0.39 is 6.55 Å². The van der Waals surface area contributed by atoms with Gasteiger partial charge in [0.25, 0.3) is 0 Å². The number of aromatic nitrogens is 2. The molecule has 0 amide bonds. The second-order valence-electron chi connectivity index (χ2n) is 4.11. The molecule has 0 fully saturated rings. The quantitative estimate of drug-likeness (QED) is 0.666. The minimum absolute atomic E-state index is 0.396. The Morgan fingerprint density at radius 3 is 2.83 bits per heavy atom. The summed E-state index contributed by atoms with van der Waals surface area (Å²) < 4.78 is 25.9. The standard InChI is InChI=1S/C12H21F2N3S/c1-18-9-5-3-2-4-6-15-10-11-16-7-8-17(11)12(13)14/h7-8,12,15H,2-6,9-10H2,1H3.